The number of hydrogen-bond acceptors (Lipinski definition) is 6. The molecule has 1 aliphatic heterocycles. The van der Waals surface area contributed by atoms with Crippen molar-refractivity contribution in [3.63, 3.8) is 0 Å². The second-order valence-electron chi connectivity index (χ2n) is 7.09. The van der Waals surface area contributed by atoms with Gasteiger partial charge in [-0.05, 0) is 30.3 Å². The minimum absolute atomic E-state index is 0.331. The van der Waals surface area contributed by atoms with Gasteiger partial charge in [0.15, 0.2) is 5.82 Å². The Morgan fingerprint density at radius 3 is 2.67 bits per heavy atom. The van der Waals surface area contributed by atoms with Crippen LogP contribution in [0, 0.1) is 5.82 Å². The fourth-order valence-corrected chi connectivity index (χ4v) is 3.76. The van der Waals surface area contributed by atoms with E-state index in [1.165, 1.54) is 13.2 Å². The number of anilines is 1. The van der Waals surface area contributed by atoms with Gasteiger partial charge in [-0.3, -0.25) is 4.98 Å². The largest absolute Gasteiger partial charge is 0.496 e. The maximum Gasteiger partial charge on any atom is 0.156 e. The predicted octanol–water partition coefficient (Wildman–Crippen LogP) is 3.04. The molecule has 152 valence electrons. The quantitative estimate of drug-likeness (QED) is 0.564. The van der Waals surface area contributed by atoms with Gasteiger partial charge in [-0.2, -0.15) is 5.10 Å². The minimum Gasteiger partial charge on any atom is -0.496 e. The standard InChI is InChI=1S/C22H21FN6O/c1-30-19-5-2-4-16(23)22(19)17-12-18-15(13-25-17)14-26-29(18)21-7-3-6-20(27-21)28-10-8-24-9-11-28/h2-7,12-14,24H,8-11H2,1H3. The van der Waals surface area contributed by atoms with Crippen molar-refractivity contribution in [3.05, 3.63) is 60.7 Å². The van der Waals surface area contributed by atoms with Gasteiger partial charge in [0, 0.05) is 37.8 Å². The summed E-state index contributed by atoms with van der Waals surface area (Å²) in [5, 5.41) is 8.71. The summed E-state index contributed by atoms with van der Waals surface area (Å²) < 4.78 is 21.7. The Bertz CT molecular complexity index is 1200. The summed E-state index contributed by atoms with van der Waals surface area (Å²) >= 11 is 0. The van der Waals surface area contributed by atoms with Crippen LogP contribution >= 0.6 is 0 Å². The van der Waals surface area contributed by atoms with E-state index in [0.29, 0.717) is 22.8 Å². The normalized spacial score (nSPS) is 14.3. The molecule has 1 fully saturated rings. The number of methoxy groups -OCH3 is 1. The molecular formula is C22H21FN6O. The topological polar surface area (TPSA) is 68.1 Å². The van der Waals surface area contributed by atoms with E-state index in [9.17, 15) is 4.39 Å². The van der Waals surface area contributed by atoms with Gasteiger partial charge in [0.1, 0.15) is 17.4 Å². The van der Waals surface area contributed by atoms with Crippen LogP contribution in [0.3, 0.4) is 0 Å². The van der Waals surface area contributed by atoms with Crippen LogP contribution in [0.1, 0.15) is 0 Å². The molecule has 30 heavy (non-hydrogen) atoms. The van der Waals surface area contributed by atoms with Crippen LogP contribution in [0.5, 0.6) is 5.75 Å². The lowest BCUT2D eigenvalue weighted by Crippen LogP contribution is -2.43. The van der Waals surface area contributed by atoms with Crippen molar-refractivity contribution >= 4 is 16.7 Å². The van der Waals surface area contributed by atoms with Crippen LogP contribution in [0.25, 0.3) is 28.0 Å². The zero-order valence-electron chi connectivity index (χ0n) is 16.5. The van der Waals surface area contributed by atoms with E-state index in [1.807, 2.05) is 24.3 Å². The van der Waals surface area contributed by atoms with E-state index >= 15 is 0 Å². The molecule has 0 amide bonds. The molecule has 1 aromatic carbocycles. The van der Waals surface area contributed by atoms with Crippen molar-refractivity contribution < 1.29 is 9.13 Å². The van der Waals surface area contributed by atoms with Gasteiger partial charge in [-0.25, -0.2) is 14.1 Å². The maximum atomic E-state index is 14.6. The Balaban J connectivity index is 1.60. The number of benzene rings is 1. The molecule has 7 nitrogen and oxygen atoms in total. The molecule has 0 unspecified atom stereocenters. The van der Waals surface area contributed by atoms with Gasteiger partial charge in [0.25, 0.3) is 0 Å². The van der Waals surface area contributed by atoms with Crippen LogP contribution in [-0.4, -0.2) is 53.0 Å². The summed E-state index contributed by atoms with van der Waals surface area (Å²) in [6.45, 7) is 3.71. The van der Waals surface area contributed by atoms with Crippen molar-refractivity contribution in [2.45, 2.75) is 0 Å². The summed E-state index contributed by atoms with van der Waals surface area (Å²) in [4.78, 5) is 11.5. The van der Waals surface area contributed by atoms with Crippen LogP contribution in [0.2, 0.25) is 0 Å². The van der Waals surface area contributed by atoms with Gasteiger partial charge in [0.2, 0.25) is 0 Å². The molecule has 8 heteroatoms. The fraction of sp³-hybridized carbons (Fsp3) is 0.227. The van der Waals surface area contributed by atoms with Gasteiger partial charge < -0.3 is 15.0 Å². The Kier molecular flexibility index (Phi) is 4.76. The number of pyridine rings is 2. The second-order valence-corrected chi connectivity index (χ2v) is 7.09. The molecule has 5 rings (SSSR count). The van der Waals surface area contributed by atoms with E-state index in [0.717, 1.165) is 42.9 Å². The number of hydrogen-bond donors (Lipinski definition) is 1. The number of aromatic nitrogens is 4. The number of rotatable bonds is 4. The van der Waals surface area contributed by atoms with E-state index in [2.05, 4.69) is 20.3 Å². The van der Waals surface area contributed by atoms with Crippen molar-refractivity contribution in [1.82, 2.24) is 25.1 Å². The summed E-state index contributed by atoms with van der Waals surface area (Å²) in [6, 6.07) is 12.5. The molecule has 0 radical (unpaired) electrons. The molecule has 4 aromatic rings. The monoisotopic (exact) mass is 404 g/mol. The maximum absolute atomic E-state index is 14.6. The molecule has 4 heterocycles. The smallest absolute Gasteiger partial charge is 0.156 e. The first-order chi connectivity index (χ1) is 14.7. The van der Waals surface area contributed by atoms with Crippen molar-refractivity contribution in [3.8, 4) is 22.8 Å². The molecule has 1 N–H and O–H groups in total. The molecule has 0 atom stereocenters. The molecule has 0 spiro atoms. The average Bonchev–Trinajstić information content (AvgIpc) is 3.23. The van der Waals surface area contributed by atoms with Crippen molar-refractivity contribution in [1.29, 1.82) is 0 Å². The number of piperazine rings is 1. The first-order valence-corrected chi connectivity index (χ1v) is 9.84. The summed E-state index contributed by atoms with van der Waals surface area (Å²) in [7, 11) is 1.52. The SMILES string of the molecule is COc1cccc(F)c1-c1cc2c(cn1)cnn2-c1cccc(N2CCNCC2)n1. The number of ether oxygens (including phenoxy) is 1. The lowest BCUT2D eigenvalue weighted by molar-refractivity contribution is 0.413. The fourth-order valence-electron chi connectivity index (χ4n) is 3.76. The highest BCUT2D eigenvalue weighted by atomic mass is 19.1. The van der Waals surface area contributed by atoms with E-state index in [1.54, 1.807) is 29.2 Å². The third kappa shape index (κ3) is 3.25. The number of halogens is 1. The molecule has 0 saturated carbocycles. The minimum atomic E-state index is -0.383. The molecule has 0 bridgehead atoms. The Hall–Kier alpha value is -3.52. The molecule has 0 aliphatic carbocycles. The van der Waals surface area contributed by atoms with Gasteiger partial charge in [0.05, 0.1) is 30.1 Å². The van der Waals surface area contributed by atoms with Gasteiger partial charge >= 0.3 is 0 Å². The van der Waals surface area contributed by atoms with Crippen LogP contribution in [-0.2, 0) is 0 Å². The zero-order chi connectivity index (χ0) is 20.5. The van der Waals surface area contributed by atoms with Crippen molar-refractivity contribution in [2.75, 3.05) is 38.2 Å². The first-order valence-electron chi connectivity index (χ1n) is 9.84. The van der Waals surface area contributed by atoms with E-state index < -0.39 is 0 Å². The third-order valence-corrected chi connectivity index (χ3v) is 5.28. The average molecular weight is 404 g/mol. The Morgan fingerprint density at radius 1 is 1.03 bits per heavy atom. The third-order valence-electron chi connectivity index (χ3n) is 5.28. The predicted molar refractivity (Wildman–Crippen MR) is 114 cm³/mol. The molecular weight excluding hydrogens is 383 g/mol. The second kappa shape index (κ2) is 7.72. The number of nitrogens with one attached hydrogen (secondary N) is 1. The van der Waals surface area contributed by atoms with Crippen LogP contribution in [0.4, 0.5) is 10.2 Å². The van der Waals surface area contributed by atoms with Crippen LogP contribution in [0.15, 0.2) is 54.9 Å². The molecule has 1 aliphatic rings. The van der Waals surface area contributed by atoms with E-state index in [4.69, 9.17) is 9.72 Å². The van der Waals surface area contributed by atoms with Crippen LogP contribution < -0.4 is 15.0 Å². The lowest BCUT2D eigenvalue weighted by Gasteiger charge is -2.28. The zero-order valence-corrected chi connectivity index (χ0v) is 16.5. The highest BCUT2D eigenvalue weighted by Crippen LogP contribution is 2.33. The molecule has 3 aromatic heterocycles. The Morgan fingerprint density at radius 2 is 1.83 bits per heavy atom. The van der Waals surface area contributed by atoms with Gasteiger partial charge in [-0.15, -0.1) is 0 Å². The summed E-state index contributed by atoms with van der Waals surface area (Å²) in [5.74, 6) is 1.68. The highest BCUT2D eigenvalue weighted by Gasteiger charge is 2.17. The highest BCUT2D eigenvalue weighted by molar-refractivity contribution is 5.84. The number of fused-ring (bicyclic) bond motifs is 1. The summed E-state index contributed by atoms with van der Waals surface area (Å²) in [6.07, 6.45) is 3.43. The van der Waals surface area contributed by atoms with Gasteiger partial charge in [-0.1, -0.05) is 12.1 Å². The Labute approximate surface area is 173 Å². The lowest BCUT2D eigenvalue weighted by atomic mass is 10.1. The van der Waals surface area contributed by atoms with Crippen molar-refractivity contribution in [2.24, 2.45) is 0 Å². The number of nitrogens with zero attached hydrogens (tertiary/aromatic N) is 5. The van der Waals surface area contributed by atoms with E-state index in [-0.39, 0.29) is 5.82 Å². The summed E-state index contributed by atoms with van der Waals surface area (Å²) in [5.41, 5.74) is 1.62. The first kappa shape index (κ1) is 18.5. The molecule has 1 saturated heterocycles.